The van der Waals surface area contributed by atoms with E-state index in [0.29, 0.717) is 13.1 Å². The van der Waals surface area contributed by atoms with Crippen molar-refractivity contribution in [2.45, 2.75) is 47.7 Å². The van der Waals surface area contributed by atoms with E-state index in [1.54, 1.807) is 0 Å². The Bertz CT molecular complexity index is 598. The first-order valence-corrected chi connectivity index (χ1v) is 10.6. The molecular formula is C22H40IN5O. The Morgan fingerprint density at radius 1 is 0.931 bits per heavy atom. The summed E-state index contributed by atoms with van der Waals surface area (Å²) in [6.45, 7) is 16.7. The van der Waals surface area contributed by atoms with Crippen LogP contribution >= 0.6 is 24.0 Å². The van der Waals surface area contributed by atoms with E-state index in [2.05, 4.69) is 48.3 Å². The van der Waals surface area contributed by atoms with E-state index < -0.39 is 0 Å². The number of carbonyl (C=O) groups excluding carboxylic acids is 1. The number of carbonyl (C=O) groups is 1. The number of nitrogens with one attached hydrogen (secondary N) is 1. The average Bonchev–Trinajstić information content (AvgIpc) is 2.71. The van der Waals surface area contributed by atoms with Gasteiger partial charge in [-0.1, -0.05) is 38.1 Å². The Labute approximate surface area is 194 Å². The lowest BCUT2D eigenvalue weighted by molar-refractivity contribution is -0.131. The number of benzene rings is 1. The van der Waals surface area contributed by atoms with Crippen LogP contribution in [0.3, 0.4) is 0 Å². The van der Waals surface area contributed by atoms with Crippen molar-refractivity contribution in [2.24, 2.45) is 4.99 Å². The van der Waals surface area contributed by atoms with E-state index in [4.69, 9.17) is 4.99 Å². The maximum atomic E-state index is 12.4. The lowest BCUT2D eigenvalue weighted by Crippen LogP contribution is -2.45. The molecule has 0 spiro atoms. The second-order valence-electron chi connectivity index (χ2n) is 6.87. The lowest BCUT2D eigenvalue weighted by atomic mass is 10.1. The van der Waals surface area contributed by atoms with Crippen LogP contribution in [0.1, 0.15) is 45.7 Å². The van der Waals surface area contributed by atoms with E-state index in [1.165, 1.54) is 11.1 Å². The van der Waals surface area contributed by atoms with Crippen molar-refractivity contribution in [1.29, 1.82) is 0 Å². The predicted octanol–water partition coefficient (Wildman–Crippen LogP) is 3.41. The fourth-order valence-corrected chi connectivity index (χ4v) is 3.05. The smallest absolute Gasteiger partial charge is 0.242 e. The number of hydrogen-bond donors (Lipinski definition) is 1. The number of halogens is 1. The summed E-state index contributed by atoms with van der Waals surface area (Å²) in [6, 6.07) is 8.66. The zero-order valence-corrected chi connectivity index (χ0v) is 21.4. The quantitative estimate of drug-likeness (QED) is 0.278. The number of rotatable bonds is 11. The summed E-state index contributed by atoms with van der Waals surface area (Å²) in [5, 5.41) is 3.28. The number of guanidine groups is 1. The molecule has 0 aromatic heterocycles. The van der Waals surface area contributed by atoms with Crippen LogP contribution in [0.5, 0.6) is 0 Å². The van der Waals surface area contributed by atoms with Gasteiger partial charge in [0.05, 0.1) is 13.1 Å². The molecule has 7 heteroatoms. The van der Waals surface area contributed by atoms with E-state index in [1.807, 2.05) is 37.6 Å². The summed E-state index contributed by atoms with van der Waals surface area (Å²) in [5.74, 6) is 0.883. The number of nitrogens with zero attached hydrogens (tertiary/aromatic N) is 4. The summed E-state index contributed by atoms with van der Waals surface area (Å²) < 4.78 is 0. The minimum absolute atomic E-state index is 0. The molecule has 6 nitrogen and oxygen atoms in total. The minimum Gasteiger partial charge on any atom is -0.357 e. The average molecular weight is 518 g/mol. The van der Waals surface area contributed by atoms with E-state index in [0.717, 1.165) is 45.2 Å². The second kappa shape index (κ2) is 15.5. The Kier molecular flexibility index (Phi) is 14.8. The molecule has 0 radical (unpaired) electrons. The standard InChI is InChI=1S/C22H39N5O.HI/c1-7-23-22(25(6)18-21(28)27(10-4)11-5)24-16-19-12-14-20(15-13-19)17-26(8-2)9-3;/h12-15H,7-11,16-18H2,1-6H3,(H,23,24);1H. The maximum Gasteiger partial charge on any atom is 0.242 e. The third-order valence-electron chi connectivity index (χ3n) is 4.92. The highest BCUT2D eigenvalue weighted by atomic mass is 127. The van der Waals surface area contributed by atoms with Crippen molar-refractivity contribution >= 4 is 35.8 Å². The second-order valence-corrected chi connectivity index (χ2v) is 6.87. The molecule has 1 rings (SSSR count). The van der Waals surface area contributed by atoms with Gasteiger partial charge in [-0.25, -0.2) is 4.99 Å². The molecule has 0 saturated heterocycles. The maximum absolute atomic E-state index is 12.4. The van der Waals surface area contributed by atoms with Crippen LogP contribution in [0, 0.1) is 0 Å². The molecule has 1 aromatic rings. The highest BCUT2D eigenvalue weighted by Gasteiger charge is 2.15. The first kappa shape index (κ1) is 27.6. The summed E-state index contributed by atoms with van der Waals surface area (Å²) >= 11 is 0. The van der Waals surface area contributed by atoms with Crippen molar-refractivity contribution in [3.05, 3.63) is 35.4 Å². The van der Waals surface area contributed by atoms with E-state index in [9.17, 15) is 4.79 Å². The Morgan fingerprint density at radius 2 is 1.48 bits per heavy atom. The van der Waals surface area contributed by atoms with Gasteiger partial charge in [0.25, 0.3) is 0 Å². The van der Waals surface area contributed by atoms with Gasteiger partial charge in [0.2, 0.25) is 5.91 Å². The van der Waals surface area contributed by atoms with Gasteiger partial charge < -0.3 is 15.1 Å². The van der Waals surface area contributed by atoms with Gasteiger partial charge in [0.1, 0.15) is 0 Å². The lowest BCUT2D eigenvalue weighted by Gasteiger charge is -2.25. The van der Waals surface area contributed by atoms with Crippen LogP contribution in [0.15, 0.2) is 29.3 Å². The Morgan fingerprint density at radius 3 is 1.97 bits per heavy atom. The van der Waals surface area contributed by atoms with Gasteiger partial charge in [-0.15, -0.1) is 24.0 Å². The molecule has 0 aliphatic heterocycles. The summed E-state index contributed by atoms with van der Waals surface area (Å²) in [5.41, 5.74) is 2.49. The van der Waals surface area contributed by atoms with Gasteiger partial charge in [0, 0.05) is 33.2 Å². The summed E-state index contributed by atoms with van der Waals surface area (Å²) in [6.07, 6.45) is 0. The van der Waals surface area contributed by atoms with Crippen molar-refractivity contribution < 1.29 is 4.79 Å². The number of aliphatic imine (C=N–C) groups is 1. The molecule has 0 atom stereocenters. The molecular weight excluding hydrogens is 477 g/mol. The minimum atomic E-state index is 0. The van der Waals surface area contributed by atoms with Gasteiger partial charge in [0.15, 0.2) is 5.96 Å². The first-order chi connectivity index (χ1) is 13.5. The Balaban J connectivity index is 0.00000784. The third kappa shape index (κ3) is 9.80. The highest BCUT2D eigenvalue weighted by molar-refractivity contribution is 14.0. The van der Waals surface area contributed by atoms with Gasteiger partial charge in [-0.2, -0.15) is 0 Å². The molecule has 1 aromatic carbocycles. The van der Waals surface area contributed by atoms with Crippen LogP contribution in [0.4, 0.5) is 0 Å². The topological polar surface area (TPSA) is 51.2 Å². The molecule has 1 amide bonds. The van der Waals surface area contributed by atoms with Crippen LogP contribution < -0.4 is 5.32 Å². The van der Waals surface area contributed by atoms with Crippen molar-refractivity contribution in [3.8, 4) is 0 Å². The molecule has 0 aliphatic rings. The van der Waals surface area contributed by atoms with Gasteiger partial charge >= 0.3 is 0 Å². The monoisotopic (exact) mass is 517 g/mol. The van der Waals surface area contributed by atoms with Crippen molar-refractivity contribution in [2.75, 3.05) is 46.3 Å². The largest absolute Gasteiger partial charge is 0.357 e. The molecule has 29 heavy (non-hydrogen) atoms. The Hall–Kier alpha value is -1.35. The van der Waals surface area contributed by atoms with Crippen molar-refractivity contribution in [1.82, 2.24) is 20.0 Å². The fraction of sp³-hybridized carbons (Fsp3) is 0.636. The summed E-state index contributed by atoms with van der Waals surface area (Å²) in [7, 11) is 1.91. The van der Waals surface area contributed by atoms with Crippen LogP contribution in [0.25, 0.3) is 0 Å². The molecule has 0 aliphatic carbocycles. The summed E-state index contributed by atoms with van der Waals surface area (Å²) in [4.78, 5) is 23.2. The number of amides is 1. The molecule has 1 N–H and O–H groups in total. The van der Waals surface area contributed by atoms with Crippen LogP contribution in [0.2, 0.25) is 0 Å². The molecule has 0 unspecified atom stereocenters. The normalized spacial score (nSPS) is 11.2. The SMILES string of the molecule is CCNC(=NCc1ccc(CN(CC)CC)cc1)N(C)CC(=O)N(CC)CC.I. The number of hydrogen-bond acceptors (Lipinski definition) is 3. The number of likely N-dealkylation sites (N-methyl/N-ethyl adjacent to an activating group) is 2. The predicted molar refractivity (Wildman–Crippen MR) is 134 cm³/mol. The van der Waals surface area contributed by atoms with E-state index >= 15 is 0 Å². The third-order valence-corrected chi connectivity index (χ3v) is 4.92. The fourth-order valence-electron chi connectivity index (χ4n) is 3.05. The van der Waals surface area contributed by atoms with Crippen LogP contribution in [-0.2, 0) is 17.9 Å². The van der Waals surface area contributed by atoms with Crippen LogP contribution in [-0.4, -0.2) is 72.9 Å². The first-order valence-electron chi connectivity index (χ1n) is 10.6. The van der Waals surface area contributed by atoms with E-state index in [-0.39, 0.29) is 29.9 Å². The van der Waals surface area contributed by atoms with Gasteiger partial charge in [-0.05, 0) is 45.0 Å². The molecule has 166 valence electrons. The molecule has 0 bridgehead atoms. The van der Waals surface area contributed by atoms with Gasteiger partial charge in [-0.3, -0.25) is 9.69 Å². The highest BCUT2D eigenvalue weighted by Crippen LogP contribution is 2.09. The van der Waals surface area contributed by atoms with Crippen molar-refractivity contribution in [3.63, 3.8) is 0 Å². The molecule has 0 heterocycles. The zero-order chi connectivity index (χ0) is 20.9. The zero-order valence-electron chi connectivity index (χ0n) is 19.1. The molecule has 0 saturated carbocycles. The molecule has 0 fully saturated rings.